The van der Waals surface area contributed by atoms with E-state index in [1.54, 1.807) is 0 Å². The molecule has 1 aromatic carbocycles. The summed E-state index contributed by atoms with van der Waals surface area (Å²) in [4.78, 5) is 15.4. The molecule has 8 heteroatoms. The highest BCUT2D eigenvalue weighted by atomic mass is 19.4. The molecule has 0 spiro atoms. The van der Waals surface area contributed by atoms with Gasteiger partial charge in [-0.05, 0) is 24.3 Å². The zero-order chi connectivity index (χ0) is 16.0. The first-order valence-corrected chi connectivity index (χ1v) is 6.04. The minimum Gasteiger partial charge on any atom is -0.405 e. The third-order valence-electron chi connectivity index (χ3n) is 2.46. The summed E-state index contributed by atoms with van der Waals surface area (Å²) in [6, 6.07) is 8.41. The number of amides is 1. The van der Waals surface area contributed by atoms with E-state index in [1.165, 1.54) is 42.7 Å². The van der Waals surface area contributed by atoms with E-state index in [1.807, 2.05) is 0 Å². The number of carbonyl (C=O) groups excluding carboxylic acids is 1. The van der Waals surface area contributed by atoms with Gasteiger partial charge in [-0.15, -0.1) is 13.2 Å². The predicted octanol–water partition coefficient (Wildman–Crippen LogP) is 2.74. The summed E-state index contributed by atoms with van der Waals surface area (Å²) in [6.45, 7) is 0. The Morgan fingerprint density at radius 1 is 1.18 bits per heavy atom. The van der Waals surface area contributed by atoms with Crippen molar-refractivity contribution < 1.29 is 22.7 Å². The summed E-state index contributed by atoms with van der Waals surface area (Å²) in [7, 11) is 0. The number of nitrogens with zero attached hydrogens (tertiary/aromatic N) is 2. The van der Waals surface area contributed by atoms with Gasteiger partial charge in [-0.25, -0.2) is 5.43 Å². The number of hydrogen-bond donors (Lipinski definition) is 1. The highest BCUT2D eigenvalue weighted by Crippen LogP contribution is 2.24. The molecule has 0 bridgehead atoms. The van der Waals surface area contributed by atoms with Gasteiger partial charge in [0.05, 0.1) is 6.21 Å². The number of halogens is 3. The minimum absolute atomic E-state index is 0.0786. The smallest absolute Gasteiger partial charge is 0.405 e. The van der Waals surface area contributed by atoms with Gasteiger partial charge in [-0.3, -0.25) is 9.78 Å². The van der Waals surface area contributed by atoms with E-state index in [0.29, 0.717) is 5.56 Å². The number of rotatable bonds is 4. The van der Waals surface area contributed by atoms with Gasteiger partial charge in [0.15, 0.2) is 0 Å². The number of aromatic nitrogens is 1. The summed E-state index contributed by atoms with van der Waals surface area (Å²) in [5, 5.41) is 3.62. The first-order valence-electron chi connectivity index (χ1n) is 6.04. The quantitative estimate of drug-likeness (QED) is 0.697. The van der Waals surface area contributed by atoms with Crippen molar-refractivity contribution in [2.24, 2.45) is 5.10 Å². The molecule has 22 heavy (non-hydrogen) atoms. The zero-order valence-corrected chi connectivity index (χ0v) is 11.0. The fourth-order valence-corrected chi connectivity index (χ4v) is 1.53. The average molecular weight is 309 g/mol. The molecule has 0 unspecified atom stereocenters. The van der Waals surface area contributed by atoms with Crippen LogP contribution in [-0.4, -0.2) is 23.5 Å². The van der Waals surface area contributed by atoms with Crippen LogP contribution in [-0.2, 0) is 0 Å². The standard InChI is InChI=1S/C14H10F3N3O2/c15-14(16,17)22-12-4-2-1-3-11(12)9-19-20-13(21)10-5-7-18-8-6-10/h1-9H,(H,20,21)/b19-9+. The van der Waals surface area contributed by atoms with E-state index in [9.17, 15) is 18.0 Å². The number of para-hydroxylation sites is 1. The van der Waals surface area contributed by atoms with Crippen molar-refractivity contribution in [2.75, 3.05) is 0 Å². The SMILES string of the molecule is O=C(N/N=C/c1ccccc1OC(F)(F)F)c1ccncc1. The van der Waals surface area contributed by atoms with Crippen LogP contribution in [0.5, 0.6) is 5.75 Å². The molecule has 1 aromatic heterocycles. The molecule has 0 saturated heterocycles. The third-order valence-corrected chi connectivity index (χ3v) is 2.46. The van der Waals surface area contributed by atoms with Crippen molar-refractivity contribution in [3.63, 3.8) is 0 Å². The van der Waals surface area contributed by atoms with E-state index in [0.717, 1.165) is 12.3 Å². The first-order chi connectivity index (χ1) is 10.5. The van der Waals surface area contributed by atoms with Gasteiger partial charge in [0.2, 0.25) is 0 Å². The second-order valence-corrected chi connectivity index (χ2v) is 4.02. The predicted molar refractivity (Wildman–Crippen MR) is 72.4 cm³/mol. The summed E-state index contributed by atoms with van der Waals surface area (Å²) in [5.74, 6) is -0.912. The molecular formula is C14H10F3N3O2. The van der Waals surface area contributed by atoms with E-state index >= 15 is 0 Å². The molecule has 0 saturated carbocycles. The Bertz CT molecular complexity index is 673. The van der Waals surface area contributed by atoms with Crippen LogP contribution >= 0.6 is 0 Å². The monoisotopic (exact) mass is 309 g/mol. The lowest BCUT2D eigenvalue weighted by atomic mass is 10.2. The van der Waals surface area contributed by atoms with Crippen LogP contribution in [0.15, 0.2) is 53.9 Å². The molecule has 0 radical (unpaired) electrons. The van der Waals surface area contributed by atoms with Crippen LogP contribution in [0.3, 0.4) is 0 Å². The Balaban J connectivity index is 2.06. The van der Waals surface area contributed by atoms with E-state index in [-0.39, 0.29) is 5.56 Å². The van der Waals surface area contributed by atoms with Crippen molar-refractivity contribution in [2.45, 2.75) is 6.36 Å². The maximum Gasteiger partial charge on any atom is 0.573 e. The van der Waals surface area contributed by atoms with Crippen molar-refractivity contribution in [3.05, 3.63) is 59.9 Å². The number of alkyl halides is 3. The number of ether oxygens (including phenoxy) is 1. The fourth-order valence-electron chi connectivity index (χ4n) is 1.53. The molecule has 0 aliphatic rings. The Morgan fingerprint density at radius 2 is 1.86 bits per heavy atom. The van der Waals surface area contributed by atoms with E-state index in [4.69, 9.17) is 0 Å². The van der Waals surface area contributed by atoms with Crippen LogP contribution in [0.2, 0.25) is 0 Å². The summed E-state index contributed by atoms with van der Waals surface area (Å²) in [5.41, 5.74) is 2.61. The Hall–Kier alpha value is -2.90. The highest BCUT2D eigenvalue weighted by molar-refractivity contribution is 5.94. The number of hydrogen-bond acceptors (Lipinski definition) is 4. The topological polar surface area (TPSA) is 63.6 Å². The molecule has 0 fully saturated rings. The largest absolute Gasteiger partial charge is 0.573 e. The van der Waals surface area contributed by atoms with E-state index in [2.05, 4.69) is 20.2 Å². The maximum atomic E-state index is 12.3. The Kier molecular flexibility index (Phi) is 4.72. The average Bonchev–Trinajstić information content (AvgIpc) is 2.48. The van der Waals surface area contributed by atoms with Gasteiger partial charge in [0.1, 0.15) is 5.75 Å². The normalized spacial score (nSPS) is 11.4. The third kappa shape index (κ3) is 4.58. The molecule has 1 N–H and O–H groups in total. The van der Waals surface area contributed by atoms with Crippen molar-refractivity contribution in [3.8, 4) is 5.75 Å². The minimum atomic E-state index is -4.80. The highest BCUT2D eigenvalue weighted by Gasteiger charge is 2.31. The molecule has 2 aromatic rings. The molecule has 1 amide bonds. The molecule has 1 heterocycles. The van der Waals surface area contributed by atoms with Crippen molar-refractivity contribution in [1.82, 2.24) is 10.4 Å². The summed E-state index contributed by atoms with van der Waals surface area (Å²) in [6.07, 6.45) is -0.861. The van der Waals surface area contributed by atoms with Crippen molar-refractivity contribution >= 4 is 12.1 Å². The molecule has 2 rings (SSSR count). The van der Waals surface area contributed by atoms with Gasteiger partial charge in [-0.1, -0.05) is 12.1 Å². The number of pyridine rings is 1. The second-order valence-electron chi connectivity index (χ2n) is 4.02. The van der Waals surface area contributed by atoms with Crippen LogP contribution in [0.1, 0.15) is 15.9 Å². The lowest BCUT2D eigenvalue weighted by Gasteiger charge is -2.10. The molecule has 5 nitrogen and oxygen atoms in total. The van der Waals surface area contributed by atoms with Gasteiger partial charge < -0.3 is 4.74 Å². The summed E-state index contributed by atoms with van der Waals surface area (Å²) >= 11 is 0. The van der Waals surface area contributed by atoms with Gasteiger partial charge in [0, 0.05) is 23.5 Å². The van der Waals surface area contributed by atoms with Gasteiger partial charge >= 0.3 is 6.36 Å². The van der Waals surface area contributed by atoms with Gasteiger partial charge in [-0.2, -0.15) is 5.10 Å². The fraction of sp³-hybridized carbons (Fsp3) is 0.0714. The second kappa shape index (κ2) is 6.70. The van der Waals surface area contributed by atoms with Crippen LogP contribution in [0.25, 0.3) is 0 Å². The summed E-state index contributed by atoms with van der Waals surface area (Å²) < 4.78 is 40.6. The zero-order valence-electron chi connectivity index (χ0n) is 11.0. The van der Waals surface area contributed by atoms with Crippen LogP contribution < -0.4 is 10.2 Å². The van der Waals surface area contributed by atoms with Gasteiger partial charge in [0.25, 0.3) is 5.91 Å². The molecule has 0 aliphatic carbocycles. The number of nitrogens with one attached hydrogen (secondary N) is 1. The number of hydrazone groups is 1. The van der Waals surface area contributed by atoms with Crippen molar-refractivity contribution in [1.29, 1.82) is 0 Å². The number of carbonyl (C=O) groups is 1. The lowest BCUT2D eigenvalue weighted by molar-refractivity contribution is -0.274. The number of benzene rings is 1. The molecule has 0 atom stereocenters. The van der Waals surface area contributed by atoms with Crippen LogP contribution in [0.4, 0.5) is 13.2 Å². The van der Waals surface area contributed by atoms with Crippen LogP contribution in [0, 0.1) is 0 Å². The Morgan fingerprint density at radius 3 is 2.55 bits per heavy atom. The first kappa shape index (κ1) is 15.5. The molecule has 0 aliphatic heterocycles. The Labute approximate surface area is 123 Å². The lowest BCUT2D eigenvalue weighted by Crippen LogP contribution is -2.19. The molecule has 114 valence electrons. The van der Waals surface area contributed by atoms with E-state index < -0.39 is 18.0 Å². The molecular weight excluding hydrogens is 299 g/mol. The maximum absolute atomic E-state index is 12.3.